The first kappa shape index (κ1) is 87.4. The Labute approximate surface area is 592 Å². The number of ether oxygens (including phenoxy) is 12. The van der Waals surface area contributed by atoms with Gasteiger partial charge in [-0.1, -0.05) is 60.5 Å². The van der Waals surface area contributed by atoms with Crippen molar-refractivity contribution in [1.82, 2.24) is 9.80 Å². The van der Waals surface area contributed by atoms with E-state index < -0.39 is 215 Å². The topological polar surface area (TPSA) is 389 Å². The van der Waals surface area contributed by atoms with Gasteiger partial charge in [-0.3, -0.25) is 24.1 Å². The average Bonchev–Trinajstić information content (AvgIpc) is 0.832. The second-order valence-electron chi connectivity index (χ2n) is 30.8. The number of rotatable bonds is 20. The molecule has 0 aliphatic carbocycles. The van der Waals surface area contributed by atoms with Gasteiger partial charge < -0.3 is 113 Å². The van der Waals surface area contributed by atoms with Gasteiger partial charge in [-0.15, -0.1) is 0 Å². The highest BCUT2D eigenvalue weighted by molar-refractivity contribution is 5.89. The molecule has 0 radical (unpaired) electrons. The first-order chi connectivity index (χ1) is 46.4. The molecule has 32 atom stereocenters. The number of amides is 1. The number of cyclic esters (lactones) is 2. The molecule has 29 heteroatoms. The zero-order valence-corrected chi connectivity index (χ0v) is 63.7. The Kier molecular flexibility index (Phi) is 31.8. The summed E-state index contributed by atoms with van der Waals surface area (Å²) in [5.41, 5.74) is -8.55. The lowest BCUT2D eigenvalue weighted by Crippen LogP contribution is -2.62. The van der Waals surface area contributed by atoms with E-state index in [2.05, 4.69) is 5.16 Å². The van der Waals surface area contributed by atoms with Crippen molar-refractivity contribution in [2.24, 2.45) is 52.5 Å². The number of Topliss-reactive ketones (excluding diaryl/α,β-unsaturated/α-hetero) is 1. The standard InChI is InChI=1S/C71H127N3O26/c1-24-48-70(17,86)58(80)39(7)52(72-92-34-91-27-26-88-21)35(3)30-67(14,85)61(41(9)54(77)42(10)63(83)96-48)99-66-56(79)47(29-38(6)94-66)74(20)50(75)33-73(19)46-28-37(5)93-65(55(46)78)100-62-43(11)57(98-51-32-68(15,89-22)60(82)45(13)95-51)44(12)64(84)97-49(25-2)71(18,87)59(81)40(8)53(76)36(4)31-69(62,16)90-23/h35-49,51,54-62,65-66,77-82,85-87H,24-34H2,1-23H3/b72-52-/t35-,36-,37-,38-,39+,40+,41+,42-,43+,44-,45+,46+,47+,48-,49-,51+,54+,55-,56-,57+,58-,59-,60+,61-,62-,65+,66+,67-,68-,69-,70-,71-/m1/s1. The van der Waals surface area contributed by atoms with Crippen molar-refractivity contribution in [2.75, 3.05) is 62.0 Å². The maximum Gasteiger partial charge on any atom is 0.311 e. The molecule has 0 aromatic carbocycles. The number of hydrogen-bond donors (Lipinski definition) is 9. The maximum atomic E-state index is 14.8. The number of ketones is 1. The highest BCUT2D eigenvalue weighted by atomic mass is 16.7. The summed E-state index contributed by atoms with van der Waals surface area (Å²) in [6, 6.07) is -1.83. The van der Waals surface area contributed by atoms with Gasteiger partial charge in [0.1, 0.15) is 47.5 Å². The van der Waals surface area contributed by atoms with Crippen molar-refractivity contribution in [3.05, 3.63) is 0 Å². The van der Waals surface area contributed by atoms with Crippen LogP contribution in [0.15, 0.2) is 5.16 Å². The van der Waals surface area contributed by atoms with Gasteiger partial charge >= 0.3 is 11.9 Å². The maximum absolute atomic E-state index is 14.8. The van der Waals surface area contributed by atoms with Gasteiger partial charge in [0, 0.05) is 76.3 Å². The molecular formula is C71H127N3O26. The largest absolute Gasteiger partial charge is 0.459 e. The summed E-state index contributed by atoms with van der Waals surface area (Å²) < 4.78 is 74.4. The summed E-state index contributed by atoms with van der Waals surface area (Å²) in [7, 11) is 7.56. The van der Waals surface area contributed by atoms with Crippen LogP contribution in [0, 0.1) is 47.3 Å². The highest BCUT2D eigenvalue weighted by Gasteiger charge is 2.57. The second kappa shape index (κ2) is 36.4. The molecule has 0 spiro atoms. The number of methoxy groups -OCH3 is 3. The van der Waals surface area contributed by atoms with E-state index in [1.54, 1.807) is 102 Å². The van der Waals surface area contributed by atoms with Crippen molar-refractivity contribution < 1.29 is 127 Å². The van der Waals surface area contributed by atoms with Gasteiger partial charge in [-0.2, -0.15) is 0 Å². The molecule has 0 saturated carbocycles. The van der Waals surface area contributed by atoms with Gasteiger partial charge in [0.15, 0.2) is 18.9 Å². The third kappa shape index (κ3) is 20.1. The number of carbonyl (C=O) groups is 4. The summed E-state index contributed by atoms with van der Waals surface area (Å²) in [5.74, 6) is -10.9. The minimum absolute atomic E-state index is 0.00934. The van der Waals surface area contributed by atoms with E-state index in [0.717, 1.165) is 0 Å². The van der Waals surface area contributed by atoms with Gasteiger partial charge in [0.05, 0.1) is 115 Å². The van der Waals surface area contributed by atoms with Gasteiger partial charge in [0.25, 0.3) is 0 Å². The number of hydrogen-bond acceptors (Lipinski definition) is 28. The number of esters is 2. The Bertz CT molecular complexity index is 2640. The van der Waals surface area contributed by atoms with Crippen LogP contribution in [0.5, 0.6) is 0 Å². The molecule has 0 bridgehead atoms. The molecule has 0 unspecified atom stereocenters. The lowest BCUT2D eigenvalue weighted by Gasteiger charge is -2.50. The smallest absolute Gasteiger partial charge is 0.311 e. The van der Waals surface area contributed by atoms with Gasteiger partial charge in [-0.25, -0.2) is 0 Å². The molecule has 5 fully saturated rings. The fourth-order valence-corrected chi connectivity index (χ4v) is 15.9. The van der Waals surface area contributed by atoms with E-state index in [9.17, 15) is 65.1 Å². The Morgan fingerprint density at radius 3 is 1.62 bits per heavy atom. The van der Waals surface area contributed by atoms with E-state index in [4.69, 9.17) is 61.7 Å². The molecule has 0 aromatic rings. The molecule has 100 heavy (non-hydrogen) atoms. The Morgan fingerprint density at radius 2 is 1.09 bits per heavy atom. The Morgan fingerprint density at radius 1 is 0.580 bits per heavy atom. The fraction of sp³-hybridized carbons (Fsp3) is 0.930. The molecule has 582 valence electrons. The van der Waals surface area contributed by atoms with Crippen LogP contribution >= 0.6 is 0 Å². The fourth-order valence-electron chi connectivity index (χ4n) is 15.9. The number of aliphatic hydroxyl groups excluding tert-OH is 6. The molecule has 5 heterocycles. The lowest BCUT2D eigenvalue weighted by molar-refractivity contribution is -0.319. The Balaban J connectivity index is 1.48. The number of oxime groups is 1. The van der Waals surface area contributed by atoms with Crippen molar-refractivity contribution in [1.29, 1.82) is 0 Å². The van der Waals surface area contributed by atoms with Crippen molar-refractivity contribution in [3.8, 4) is 0 Å². The summed E-state index contributed by atoms with van der Waals surface area (Å²) in [4.78, 5) is 66.6. The predicted octanol–water partition coefficient (Wildman–Crippen LogP) is 3.00. The number of aliphatic hydroxyl groups is 9. The first-order valence-corrected chi connectivity index (χ1v) is 35.8. The SMILES string of the molecule is CC[C@H]1OC(=O)[C@H](C)[C@@H](O[C@H]2C[C@@](C)(OC)[C@@H](O)[C@H](C)O2)[C@H](C)[C@@H](O[C@@H]2O[C@H](C)C[C@H](N(C)CC(=O)N(C)[C@H]3C[C@@H](C)O[C@@H](O[C@@H]4[C@@H](C)[C@H](O)[C@@H](C)C(=O)O[C@H](CC)[C@@](C)(O)[C@H](O)[C@@H](C)/C(=N\OCOCCOC)[C@H](C)C[C@@]4(C)O)[C@@H]3O)[C@H]2O)[C@](C)(OC)C[C@@H](C)C(=O)[C@H](C)[C@@H](O)[C@]1(C)O. The summed E-state index contributed by atoms with van der Waals surface area (Å²) in [6.45, 7) is 28.7. The van der Waals surface area contributed by atoms with Crippen LogP contribution in [-0.2, 0) is 80.9 Å². The van der Waals surface area contributed by atoms with Crippen molar-refractivity contribution in [3.63, 3.8) is 0 Å². The van der Waals surface area contributed by atoms with E-state index in [0.29, 0.717) is 0 Å². The summed E-state index contributed by atoms with van der Waals surface area (Å²) in [5, 5.41) is 113. The van der Waals surface area contributed by atoms with Gasteiger partial charge in [0.2, 0.25) is 12.7 Å². The van der Waals surface area contributed by atoms with Crippen LogP contribution in [0.4, 0.5) is 0 Å². The van der Waals surface area contributed by atoms with E-state index >= 15 is 0 Å². The third-order valence-corrected chi connectivity index (χ3v) is 22.6. The zero-order chi connectivity index (χ0) is 75.8. The Hall–Kier alpha value is -3.25. The molecule has 5 aliphatic heterocycles. The summed E-state index contributed by atoms with van der Waals surface area (Å²) >= 11 is 0. The van der Waals surface area contributed by atoms with Crippen LogP contribution < -0.4 is 0 Å². The van der Waals surface area contributed by atoms with E-state index in [1.165, 1.54) is 67.9 Å². The van der Waals surface area contributed by atoms with Crippen LogP contribution in [0.25, 0.3) is 0 Å². The normalized spacial score (nSPS) is 46.3. The minimum atomic E-state index is -2.08. The monoisotopic (exact) mass is 1440 g/mol. The molecule has 1 amide bonds. The van der Waals surface area contributed by atoms with Gasteiger partial charge in [-0.05, 0) is 115 Å². The van der Waals surface area contributed by atoms with E-state index in [1.807, 2.05) is 0 Å². The predicted molar refractivity (Wildman–Crippen MR) is 362 cm³/mol. The average molecular weight is 1440 g/mol. The van der Waals surface area contributed by atoms with Crippen molar-refractivity contribution >= 4 is 29.3 Å². The molecule has 5 rings (SSSR count). The number of nitrogens with zero attached hydrogens (tertiary/aromatic N) is 3. The molecule has 5 aliphatic rings. The lowest BCUT2D eigenvalue weighted by atomic mass is 9.73. The first-order valence-electron chi connectivity index (χ1n) is 35.8. The van der Waals surface area contributed by atoms with E-state index in [-0.39, 0.29) is 77.2 Å². The van der Waals surface area contributed by atoms with Crippen LogP contribution in [-0.4, -0.2) is 291 Å². The molecule has 9 N–H and O–H groups in total. The van der Waals surface area contributed by atoms with Crippen LogP contribution in [0.3, 0.4) is 0 Å². The highest BCUT2D eigenvalue weighted by Crippen LogP contribution is 2.44. The molecular weight excluding hydrogens is 1310 g/mol. The molecule has 29 nitrogen and oxygen atoms in total. The van der Waals surface area contributed by atoms with Crippen LogP contribution in [0.2, 0.25) is 0 Å². The zero-order valence-electron chi connectivity index (χ0n) is 63.7. The third-order valence-electron chi connectivity index (χ3n) is 22.6. The molecule has 5 saturated heterocycles. The minimum Gasteiger partial charge on any atom is -0.459 e. The quantitative estimate of drug-likeness (QED) is 0.0366. The number of carbonyl (C=O) groups excluding carboxylic acids is 4. The second-order valence-corrected chi connectivity index (χ2v) is 30.8. The van der Waals surface area contributed by atoms with Crippen molar-refractivity contribution in [2.45, 2.75) is 314 Å². The summed E-state index contributed by atoms with van der Waals surface area (Å²) in [6.07, 6.45) is -21.4. The molecule has 0 aromatic heterocycles. The number of likely N-dealkylation sites (N-methyl/N-ethyl adjacent to an activating group) is 2. The van der Waals surface area contributed by atoms with Crippen LogP contribution in [0.1, 0.15) is 170 Å².